The maximum absolute atomic E-state index is 12.5. The Labute approximate surface area is 124 Å². The summed E-state index contributed by atoms with van der Waals surface area (Å²) in [4.78, 5) is 1.88. The third kappa shape index (κ3) is 4.66. The van der Waals surface area contributed by atoms with Crippen LogP contribution in [-0.4, -0.2) is 7.05 Å². The van der Waals surface area contributed by atoms with E-state index in [0.29, 0.717) is 0 Å². The number of halogens is 3. The van der Waals surface area contributed by atoms with Crippen molar-refractivity contribution < 1.29 is 13.2 Å². The van der Waals surface area contributed by atoms with Gasteiger partial charge in [0, 0.05) is 18.4 Å². The summed E-state index contributed by atoms with van der Waals surface area (Å²) in [5, 5.41) is 0. The Balaban J connectivity index is 2.99. The molecule has 0 bridgehead atoms. The highest BCUT2D eigenvalue weighted by molar-refractivity contribution is 5.53. The van der Waals surface area contributed by atoms with Crippen LogP contribution in [0, 0.1) is 0 Å². The van der Waals surface area contributed by atoms with Crippen molar-refractivity contribution in [2.45, 2.75) is 40.3 Å². The lowest BCUT2D eigenvalue weighted by Gasteiger charge is -2.21. The molecule has 0 saturated heterocycles. The monoisotopic (exact) mass is 297 g/mol. The molecule has 0 unspecified atom stereocenters. The topological polar surface area (TPSA) is 3.24 Å². The summed E-state index contributed by atoms with van der Waals surface area (Å²) in [7, 11) is 1.85. The first-order valence-corrected chi connectivity index (χ1v) is 6.92. The molecule has 1 rings (SSSR count). The molecular formula is C17H22F3N. The average molecular weight is 297 g/mol. The van der Waals surface area contributed by atoms with Crippen molar-refractivity contribution in [2.24, 2.45) is 0 Å². The molecule has 0 N–H and O–H groups in total. The van der Waals surface area contributed by atoms with E-state index in [1.165, 1.54) is 23.3 Å². The summed E-state index contributed by atoms with van der Waals surface area (Å²) in [5.74, 6) is 0. The molecule has 0 aliphatic rings. The van der Waals surface area contributed by atoms with Crippen LogP contribution in [0.3, 0.4) is 0 Å². The van der Waals surface area contributed by atoms with Gasteiger partial charge in [-0.25, -0.2) is 0 Å². The van der Waals surface area contributed by atoms with Gasteiger partial charge >= 0.3 is 6.18 Å². The van der Waals surface area contributed by atoms with Gasteiger partial charge in [-0.2, -0.15) is 13.2 Å². The Morgan fingerprint density at radius 2 is 1.62 bits per heavy atom. The zero-order chi connectivity index (χ0) is 16.2. The summed E-state index contributed by atoms with van der Waals surface area (Å²) in [6, 6.07) is 5.20. The molecule has 0 saturated carbocycles. The molecule has 116 valence electrons. The fraction of sp³-hybridized carbons (Fsp3) is 0.412. The van der Waals surface area contributed by atoms with Gasteiger partial charge in [0.15, 0.2) is 0 Å². The lowest BCUT2D eigenvalue weighted by atomic mass is 10.1. The number of rotatable bonds is 4. The summed E-state index contributed by atoms with van der Waals surface area (Å²) in [6.45, 7) is 8.17. The van der Waals surface area contributed by atoms with Crippen molar-refractivity contribution in [3.8, 4) is 0 Å². The van der Waals surface area contributed by atoms with E-state index in [9.17, 15) is 13.2 Å². The van der Waals surface area contributed by atoms with Gasteiger partial charge in [-0.3, -0.25) is 0 Å². The van der Waals surface area contributed by atoms with E-state index in [-0.39, 0.29) is 0 Å². The van der Waals surface area contributed by atoms with E-state index in [4.69, 9.17) is 0 Å². The molecular weight excluding hydrogens is 275 g/mol. The number of alkyl halides is 3. The van der Waals surface area contributed by atoms with Gasteiger partial charge in [0.1, 0.15) is 0 Å². The molecule has 0 aromatic heterocycles. The Hall–Kier alpha value is -1.71. The average Bonchev–Trinajstić information content (AvgIpc) is 2.44. The first-order chi connectivity index (χ1) is 9.66. The first-order valence-electron chi connectivity index (χ1n) is 6.92. The van der Waals surface area contributed by atoms with Gasteiger partial charge in [0.05, 0.1) is 5.56 Å². The normalized spacial score (nSPS) is 14.0. The smallest absolute Gasteiger partial charge is 0.348 e. The van der Waals surface area contributed by atoms with Crippen molar-refractivity contribution >= 4 is 5.69 Å². The van der Waals surface area contributed by atoms with Crippen LogP contribution in [-0.2, 0) is 6.18 Å². The second-order valence-corrected chi connectivity index (χ2v) is 5.21. The third-order valence-electron chi connectivity index (χ3n) is 3.74. The Kier molecular flexibility index (Phi) is 5.64. The summed E-state index contributed by atoms with van der Waals surface area (Å²) in [6.07, 6.45) is -1.25. The highest BCUT2D eigenvalue weighted by Gasteiger charge is 2.30. The number of allylic oxidation sites excluding steroid dienone is 4. The van der Waals surface area contributed by atoms with Crippen LogP contribution in [0.4, 0.5) is 18.9 Å². The van der Waals surface area contributed by atoms with Crippen molar-refractivity contribution in [1.82, 2.24) is 0 Å². The molecule has 0 aliphatic carbocycles. The highest BCUT2D eigenvalue weighted by Crippen LogP contribution is 2.31. The van der Waals surface area contributed by atoms with Crippen LogP contribution in [0.25, 0.3) is 0 Å². The predicted octanol–water partition coefficient (Wildman–Crippen LogP) is 5.79. The van der Waals surface area contributed by atoms with Crippen molar-refractivity contribution in [3.63, 3.8) is 0 Å². The minimum Gasteiger partial charge on any atom is -0.348 e. The standard InChI is InChI=1S/C17H22F3N/c1-6-12(2)13(3)11-14(4)21(5)16-9-7-15(8-10-16)17(18,19)20/h7-11H,6H2,1-5H3/b13-12?,14-11-. The van der Waals surface area contributed by atoms with Crippen LogP contribution >= 0.6 is 0 Å². The second kappa shape index (κ2) is 6.83. The van der Waals surface area contributed by atoms with Crippen molar-refractivity contribution in [2.75, 3.05) is 11.9 Å². The Bertz CT molecular complexity index is 536. The molecule has 21 heavy (non-hydrogen) atoms. The van der Waals surface area contributed by atoms with Gasteiger partial charge in [-0.1, -0.05) is 18.1 Å². The lowest BCUT2D eigenvalue weighted by Crippen LogP contribution is -2.15. The number of anilines is 1. The molecule has 4 heteroatoms. The summed E-state index contributed by atoms with van der Waals surface area (Å²) < 4.78 is 37.6. The number of benzene rings is 1. The summed E-state index contributed by atoms with van der Waals surface area (Å²) >= 11 is 0. The molecule has 0 radical (unpaired) electrons. The zero-order valence-electron chi connectivity index (χ0n) is 13.2. The molecule has 0 spiro atoms. The first kappa shape index (κ1) is 17.3. The molecule has 1 aromatic rings. The van der Waals surface area contributed by atoms with Gasteiger partial charge in [-0.15, -0.1) is 0 Å². The number of hydrogen-bond acceptors (Lipinski definition) is 1. The van der Waals surface area contributed by atoms with Gasteiger partial charge < -0.3 is 4.90 Å². The maximum atomic E-state index is 12.5. The van der Waals surface area contributed by atoms with E-state index < -0.39 is 11.7 Å². The largest absolute Gasteiger partial charge is 0.416 e. The molecule has 1 nitrogen and oxygen atoms in total. The van der Waals surface area contributed by atoms with Crippen LogP contribution in [0.15, 0.2) is 47.2 Å². The van der Waals surface area contributed by atoms with Gasteiger partial charge in [-0.05, 0) is 57.5 Å². The number of hydrogen-bond donors (Lipinski definition) is 0. The maximum Gasteiger partial charge on any atom is 0.416 e. The van der Waals surface area contributed by atoms with Gasteiger partial charge in [0.2, 0.25) is 0 Å². The fourth-order valence-corrected chi connectivity index (χ4v) is 1.89. The third-order valence-corrected chi connectivity index (χ3v) is 3.74. The number of nitrogens with zero attached hydrogens (tertiary/aromatic N) is 1. The predicted molar refractivity (Wildman–Crippen MR) is 82.3 cm³/mol. The second-order valence-electron chi connectivity index (χ2n) is 5.21. The van der Waals surface area contributed by atoms with E-state index in [2.05, 4.69) is 19.9 Å². The molecule has 0 aliphatic heterocycles. The minimum absolute atomic E-state index is 0.626. The highest BCUT2D eigenvalue weighted by atomic mass is 19.4. The SMILES string of the molecule is CCC(C)=C(C)/C=C(/C)N(C)c1ccc(C(F)(F)F)cc1. The zero-order valence-corrected chi connectivity index (χ0v) is 13.2. The molecule has 0 atom stereocenters. The van der Waals surface area contributed by atoms with E-state index in [0.717, 1.165) is 29.9 Å². The minimum atomic E-state index is -4.29. The Morgan fingerprint density at radius 3 is 2.05 bits per heavy atom. The summed E-state index contributed by atoms with van der Waals surface area (Å²) in [5.41, 5.74) is 3.59. The van der Waals surface area contributed by atoms with Crippen molar-refractivity contribution in [3.05, 3.63) is 52.7 Å². The quantitative estimate of drug-likeness (QED) is 0.636. The van der Waals surface area contributed by atoms with Crippen LogP contribution in [0.2, 0.25) is 0 Å². The molecule has 0 heterocycles. The fourth-order valence-electron chi connectivity index (χ4n) is 1.89. The van der Waals surface area contributed by atoms with E-state index in [1.807, 2.05) is 25.8 Å². The Morgan fingerprint density at radius 1 is 1.10 bits per heavy atom. The van der Waals surface area contributed by atoms with Crippen LogP contribution in [0.5, 0.6) is 0 Å². The lowest BCUT2D eigenvalue weighted by molar-refractivity contribution is -0.137. The molecule has 1 aromatic carbocycles. The molecule has 0 fully saturated rings. The van der Waals surface area contributed by atoms with E-state index >= 15 is 0 Å². The molecule has 0 amide bonds. The van der Waals surface area contributed by atoms with Crippen LogP contribution in [0.1, 0.15) is 39.7 Å². The van der Waals surface area contributed by atoms with Crippen molar-refractivity contribution in [1.29, 1.82) is 0 Å². The van der Waals surface area contributed by atoms with Crippen LogP contribution < -0.4 is 4.90 Å². The van der Waals surface area contributed by atoms with Gasteiger partial charge in [0.25, 0.3) is 0 Å². The van der Waals surface area contributed by atoms with E-state index in [1.54, 1.807) is 0 Å².